The van der Waals surface area contributed by atoms with Gasteiger partial charge < -0.3 is 15.5 Å². The van der Waals surface area contributed by atoms with E-state index in [9.17, 15) is 4.79 Å². The van der Waals surface area contributed by atoms with Crippen LogP contribution in [0.15, 0.2) is 24.3 Å². The van der Waals surface area contributed by atoms with E-state index in [1.807, 2.05) is 24.3 Å². The maximum atomic E-state index is 10.5. The molecule has 0 fully saturated rings. The average Bonchev–Trinajstić information content (AvgIpc) is 2.26. The van der Waals surface area contributed by atoms with E-state index in [1.54, 1.807) is 6.92 Å². The Morgan fingerprint density at radius 1 is 1.33 bits per heavy atom. The number of rotatable bonds is 5. The third-order valence-corrected chi connectivity index (χ3v) is 2.19. The van der Waals surface area contributed by atoms with E-state index in [0.29, 0.717) is 6.54 Å². The topological polar surface area (TPSA) is 69.6 Å². The lowest BCUT2D eigenvalue weighted by molar-refractivity contribution is -0.139. The summed E-state index contributed by atoms with van der Waals surface area (Å²) in [7, 11) is 0. The minimum absolute atomic E-state index is 0.0270. The summed E-state index contributed by atoms with van der Waals surface area (Å²) < 4.78 is 0. The Bertz CT molecular complexity index is 321. The molecular formula is C11H15NO3. The summed E-state index contributed by atoms with van der Waals surface area (Å²) >= 11 is 0. The molecule has 1 aromatic rings. The van der Waals surface area contributed by atoms with Crippen molar-refractivity contribution in [3.63, 3.8) is 0 Å². The molecular weight excluding hydrogens is 194 g/mol. The number of aliphatic hydroxyl groups excluding tert-OH is 1. The Balaban J connectivity index is 2.47. The Labute approximate surface area is 88.6 Å². The molecule has 0 aromatic heterocycles. The quantitative estimate of drug-likeness (QED) is 0.669. The van der Waals surface area contributed by atoms with Crippen molar-refractivity contribution in [1.82, 2.24) is 5.32 Å². The highest BCUT2D eigenvalue weighted by molar-refractivity contribution is 5.72. The molecule has 4 nitrogen and oxygen atoms in total. The number of benzene rings is 1. The molecule has 0 bridgehead atoms. The van der Waals surface area contributed by atoms with Gasteiger partial charge in [-0.25, -0.2) is 0 Å². The second kappa shape index (κ2) is 5.48. The molecule has 3 N–H and O–H groups in total. The molecule has 0 heterocycles. The smallest absolute Gasteiger partial charge is 0.320 e. The molecule has 0 aliphatic carbocycles. The Morgan fingerprint density at radius 3 is 2.33 bits per heavy atom. The van der Waals surface area contributed by atoms with Crippen LogP contribution in [0.4, 0.5) is 0 Å². The normalized spacial score (nSPS) is 12.4. The van der Waals surface area contributed by atoms with Crippen molar-refractivity contribution in [2.45, 2.75) is 26.1 Å². The van der Waals surface area contributed by atoms with Crippen LogP contribution in [0, 0.1) is 0 Å². The summed E-state index contributed by atoms with van der Waals surface area (Å²) in [6.45, 7) is 2.14. The number of hydrogen-bond acceptors (Lipinski definition) is 3. The van der Waals surface area contributed by atoms with Crippen molar-refractivity contribution in [3.05, 3.63) is 35.4 Å². The lowest BCUT2D eigenvalue weighted by atomic mass is 10.1. The number of aliphatic hydroxyl groups is 1. The van der Waals surface area contributed by atoms with Crippen LogP contribution in [0.5, 0.6) is 0 Å². The van der Waals surface area contributed by atoms with Crippen LogP contribution in [-0.2, 0) is 17.9 Å². The molecule has 0 aliphatic heterocycles. The predicted molar refractivity (Wildman–Crippen MR) is 56.3 cm³/mol. The van der Waals surface area contributed by atoms with E-state index < -0.39 is 12.0 Å². The summed E-state index contributed by atoms with van der Waals surface area (Å²) in [6, 6.07) is 6.83. The van der Waals surface area contributed by atoms with Crippen LogP contribution in [-0.4, -0.2) is 22.2 Å². The van der Waals surface area contributed by atoms with Crippen molar-refractivity contribution >= 4 is 5.97 Å². The summed E-state index contributed by atoms with van der Waals surface area (Å²) in [5, 5.41) is 20.3. The van der Waals surface area contributed by atoms with Gasteiger partial charge in [-0.1, -0.05) is 24.3 Å². The van der Waals surface area contributed by atoms with Gasteiger partial charge in [-0.05, 0) is 18.1 Å². The number of hydrogen-bond donors (Lipinski definition) is 3. The number of carboxylic acid groups (broad SMARTS) is 1. The minimum atomic E-state index is -0.859. The van der Waals surface area contributed by atoms with E-state index in [-0.39, 0.29) is 6.61 Å². The van der Waals surface area contributed by atoms with Crippen molar-refractivity contribution < 1.29 is 15.0 Å². The zero-order valence-corrected chi connectivity index (χ0v) is 8.60. The second-order valence-corrected chi connectivity index (χ2v) is 3.42. The zero-order chi connectivity index (χ0) is 11.3. The summed E-state index contributed by atoms with van der Waals surface area (Å²) in [5.41, 5.74) is 1.85. The van der Waals surface area contributed by atoms with Crippen molar-refractivity contribution in [1.29, 1.82) is 0 Å². The van der Waals surface area contributed by atoms with Gasteiger partial charge >= 0.3 is 5.97 Å². The van der Waals surface area contributed by atoms with E-state index in [0.717, 1.165) is 11.1 Å². The van der Waals surface area contributed by atoms with Crippen LogP contribution < -0.4 is 5.32 Å². The van der Waals surface area contributed by atoms with Crippen LogP contribution in [0.3, 0.4) is 0 Å². The van der Waals surface area contributed by atoms with Gasteiger partial charge in [-0.2, -0.15) is 0 Å². The summed E-state index contributed by atoms with van der Waals surface area (Å²) in [6.07, 6.45) is 0. The van der Waals surface area contributed by atoms with Crippen molar-refractivity contribution in [2.75, 3.05) is 0 Å². The predicted octanol–water partition coefficient (Wildman–Crippen LogP) is 0.742. The fourth-order valence-electron chi connectivity index (χ4n) is 1.12. The molecule has 1 rings (SSSR count). The average molecular weight is 209 g/mol. The highest BCUT2D eigenvalue weighted by Crippen LogP contribution is 2.04. The minimum Gasteiger partial charge on any atom is -0.480 e. The van der Waals surface area contributed by atoms with Gasteiger partial charge in [-0.15, -0.1) is 0 Å². The first kappa shape index (κ1) is 11.7. The van der Waals surface area contributed by atoms with Crippen LogP contribution in [0.25, 0.3) is 0 Å². The number of aliphatic carboxylic acids is 1. The van der Waals surface area contributed by atoms with Crippen LogP contribution in [0.2, 0.25) is 0 Å². The molecule has 0 aliphatic rings. The van der Waals surface area contributed by atoms with Gasteiger partial charge in [0.1, 0.15) is 6.04 Å². The molecule has 1 atom stereocenters. The van der Waals surface area contributed by atoms with E-state index in [4.69, 9.17) is 10.2 Å². The van der Waals surface area contributed by atoms with Gasteiger partial charge in [-0.3, -0.25) is 4.79 Å². The monoisotopic (exact) mass is 209 g/mol. The second-order valence-electron chi connectivity index (χ2n) is 3.42. The molecule has 0 spiro atoms. The fraction of sp³-hybridized carbons (Fsp3) is 0.364. The van der Waals surface area contributed by atoms with Crippen LogP contribution >= 0.6 is 0 Å². The largest absolute Gasteiger partial charge is 0.480 e. The van der Waals surface area contributed by atoms with Gasteiger partial charge in [0.25, 0.3) is 0 Å². The molecule has 15 heavy (non-hydrogen) atoms. The summed E-state index contributed by atoms with van der Waals surface area (Å²) in [4.78, 5) is 10.5. The van der Waals surface area contributed by atoms with E-state index in [2.05, 4.69) is 5.32 Å². The SMILES string of the molecule is CC(NCc1ccc(CO)cc1)C(=O)O. The molecule has 1 aromatic carbocycles. The van der Waals surface area contributed by atoms with E-state index >= 15 is 0 Å². The highest BCUT2D eigenvalue weighted by atomic mass is 16.4. The van der Waals surface area contributed by atoms with Crippen molar-refractivity contribution in [2.24, 2.45) is 0 Å². The molecule has 0 saturated carbocycles. The molecule has 0 amide bonds. The molecule has 1 unspecified atom stereocenters. The van der Waals surface area contributed by atoms with Gasteiger partial charge in [0.2, 0.25) is 0 Å². The molecule has 0 radical (unpaired) electrons. The first-order valence-electron chi connectivity index (χ1n) is 4.78. The molecule has 0 saturated heterocycles. The first-order valence-corrected chi connectivity index (χ1v) is 4.78. The number of carbonyl (C=O) groups is 1. The zero-order valence-electron chi connectivity index (χ0n) is 8.60. The lowest BCUT2D eigenvalue weighted by Gasteiger charge is -2.09. The van der Waals surface area contributed by atoms with Crippen molar-refractivity contribution in [3.8, 4) is 0 Å². The summed E-state index contributed by atoms with van der Waals surface area (Å²) in [5.74, 6) is -0.859. The Morgan fingerprint density at radius 2 is 1.87 bits per heavy atom. The number of carboxylic acids is 1. The van der Waals surface area contributed by atoms with E-state index in [1.165, 1.54) is 0 Å². The Hall–Kier alpha value is -1.39. The third kappa shape index (κ3) is 3.69. The van der Waals surface area contributed by atoms with Gasteiger partial charge in [0, 0.05) is 6.54 Å². The van der Waals surface area contributed by atoms with Gasteiger partial charge in [0.05, 0.1) is 6.61 Å². The lowest BCUT2D eigenvalue weighted by Crippen LogP contribution is -2.33. The van der Waals surface area contributed by atoms with Gasteiger partial charge in [0.15, 0.2) is 0 Å². The third-order valence-electron chi connectivity index (χ3n) is 2.19. The van der Waals surface area contributed by atoms with Crippen LogP contribution in [0.1, 0.15) is 18.1 Å². The Kier molecular flexibility index (Phi) is 4.27. The maximum absolute atomic E-state index is 10.5. The standard InChI is InChI=1S/C11H15NO3/c1-8(11(14)15)12-6-9-2-4-10(7-13)5-3-9/h2-5,8,12-13H,6-7H2,1H3,(H,14,15). The first-order chi connectivity index (χ1) is 7.13. The fourth-order valence-corrected chi connectivity index (χ4v) is 1.12. The molecule has 4 heteroatoms. The highest BCUT2D eigenvalue weighted by Gasteiger charge is 2.08. The molecule has 82 valence electrons. The maximum Gasteiger partial charge on any atom is 0.320 e. The number of nitrogens with one attached hydrogen (secondary N) is 1.